The third kappa shape index (κ3) is 3.07. The summed E-state index contributed by atoms with van der Waals surface area (Å²) in [6.45, 7) is 0. The van der Waals surface area contributed by atoms with Gasteiger partial charge in [0.1, 0.15) is 5.82 Å². The summed E-state index contributed by atoms with van der Waals surface area (Å²) < 4.78 is 0.840. The number of rotatable bonds is 3. The van der Waals surface area contributed by atoms with Crippen LogP contribution in [0.15, 0.2) is 22.8 Å². The summed E-state index contributed by atoms with van der Waals surface area (Å²) in [5.74, 6) is -1.09. The van der Waals surface area contributed by atoms with E-state index in [0.717, 1.165) is 4.47 Å². The molecule has 2 atom stereocenters. The molecule has 1 heterocycles. The molecular weight excluding hydrogens is 300 g/mol. The van der Waals surface area contributed by atoms with E-state index in [-0.39, 0.29) is 11.8 Å². The van der Waals surface area contributed by atoms with Crippen LogP contribution in [-0.2, 0) is 9.59 Å². The van der Waals surface area contributed by atoms with Crippen molar-refractivity contribution < 1.29 is 14.7 Å². The molecule has 96 valence electrons. The SMILES string of the molecule is O=C(O)C1CCC(C(=O)Nc2ccc(Br)cn2)C1. The summed E-state index contributed by atoms with van der Waals surface area (Å²) in [5.41, 5.74) is 0. The minimum atomic E-state index is -0.813. The van der Waals surface area contributed by atoms with Gasteiger partial charge in [0, 0.05) is 16.6 Å². The van der Waals surface area contributed by atoms with Crippen molar-refractivity contribution in [3.05, 3.63) is 22.8 Å². The number of hydrogen-bond acceptors (Lipinski definition) is 3. The number of aliphatic carboxylic acids is 1. The molecule has 0 bridgehead atoms. The van der Waals surface area contributed by atoms with Gasteiger partial charge in [0.2, 0.25) is 5.91 Å². The minimum Gasteiger partial charge on any atom is -0.481 e. The van der Waals surface area contributed by atoms with E-state index in [1.165, 1.54) is 0 Å². The van der Waals surface area contributed by atoms with Crippen molar-refractivity contribution in [2.24, 2.45) is 11.8 Å². The highest BCUT2D eigenvalue weighted by Gasteiger charge is 2.33. The number of amides is 1. The monoisotopic (exact) mass is 312 g/mol. The quantitative estimate of drug-likeness (QED) is 0.897. The van der Waals surface area contributed by atoms with E-state index in [1.54, 1.807) is 18.3 Å². The molecule has 0 aliphatic heterocycles. The molecule has 1 aliphatic rings. The number of nitrogens with zero attached hydrogens (tertiary/aromatic N) is 1. The molecular formula is C12H13BrN2O3. The maximum absolute atomic E-state index is 11.9. The Bertz CT molecular complexity index is 461. The molecule has 1 fully saturated rings. The average molecular weight is 313 g/mol. The summed E-state index contributed by atoms with van der Waals surface area (Å²) in [4.78, 5) is 26.8. The maximum Gasteiger partial charge on any atom is 0.306 e. The molecule has 0 aromatic carbocycles. The van der Waals surface area contributed by atoms with Crippen LogP contribution < -0.4 is 5.32 Å². The van der Waals surface area contributed by atoms with Crippen LogP contribution in [0.1, 0.15) is 19.3 Å². The van der Waals surface area contributed by atoms with Crippen molar-refractivity contribution in [3.8, 4) is 0 Å². The summed E-state index contributed by atoms with van der Waals surface area (Å²) >= 11 is 3.26. The Labute approximate surface area is 113 Å². The molecule has 1 aromatic rings. The lowest BCUT2D eigenvalue weighted by molar-refractivity contribution is -0.141. The predicted molar refractivity (Wildman–Crippen MR) is 69.0 cm³/mol. The van der Waals surface area contributed by atoms with Gasteiger partial charge in [-0.15, -0.1) is 0 Å². The first-order valence-corrected chi connectivity index (χ1v) is 6.51. The van der Waals surface area contributed by atoms with E-state index in [0.29, 0.717) is 25.1 Å². The number of anilines is 1. The molecule has 5 nitrogen and oxygen atoms in total. The Morgan fingerprint density at radius 2 is 2.06 bits per heavy atom. The number of carbonyl (C=O) groups excluding carboxylic acids is 1. The number of carboxylic acids is 1. The van der Waals surface area contributed by atoms with Gasteiger partial charge in [0.15, 0.2) is 0 Å². The van der Waals surface area contributed by atoms with Crippen molar-refractivity contribution in [3.63, 3.8) is 0 Å². The first-order chi connectivity index (χ1) is 8.56. The van der Waals surface area contributed by atoms with Gasteiger partial charge in [0.25, 0.3) is 0 Å². The predicted octanol–water partition coefficient (Wildman–Crippen LogP) is 2.28. The van der Waals surface area contributed by atoms with Crippen molar-refractivity contribution in [1.82, 2.24) is 4.98 Å². The zero-order valence-corrected chi connectivity index (χ0v) is 11.2. The van der Waals surface area contributed by atoms with Crippen molar-refractivity contribution in [2.75, 3.05) is 5.32 Å². The normalized spacial score (nSPS) is 22.7. The van der Waals surface area contributed by atoms with E-state index in [9.17, 15) is 9.59 Å². The number of nitrogens with one attached hydrogen (secondary N) is 1. The van der Waals surface area contributed by atoms with Crippen LogP contribution in [0, 0.1) is 11.8 Å². The molecule has 1 aliphatic carbocycles. The fourth-order valence-electron chi connectivity index (χ4n) is 2.12. The second-order valence-corrected chi connectivity index (χ2v) is 5.31. The fourth-order valence-corrected chi connectivity index (χ4v) is 2.36. The van der Waals surface area contributed by atoms with E-state index in [4.69, 9.17) is 5.11 Å². The highest BCUT2D eigenvalue weighted by atomic mass is 79.9. The minimum absolute atomic E-state index is 0.145. The molecule has 1 saturated carbocycles. The number of carbonyl (C=O) groups is 2. The van der Waals surface area contributed by atoms with Crippen molar-refractivity contribution in [2.45, 2.75) is 19.3 Å². The highest BCUT2D eigenvalue weighted by molar-refractivity contribution is 9.10. The van der Waals surface area contributed by atoms with Gasteiger partial charge in [-0.25, -0.2) is 4.98 Å². The van der Waals surface area contributed by atoms with Gasteiger partial charge in [-0.05, 0) is 47.3 Å². The van der Waals surface area contributed by atoms with Crippen LogP contribution in [0.5, 0.6) is 0 Å². The molecule has 0 saturated heterocycles. The smallest absolute Gasteiger partial charge is 0.306 e. The van der Waals surface area contributed by atoms with Crippen LogP contribution in [0.25, 0.3) is 0 Å². The summed E-state index contributed by atoms with van der Waals surface area (Å²) in [7, 11) is 0. The highest BCUT2D eigenvalue weighted by Crippen LogP contribution is 2.31. The van der Waals surface area contributed by atoms with Gasteiger partial charge in [0.05, 0.1) is 5.92 Å². The summed E-state index contributed by atoms with van der Waals surface area (Å²) in [6, 6.07) is 3.49. The second-order valence-electron chi connectivity index (χ2n) is 4.40. The molecule has 2 unspecified atom stereocenters. The van der Waals surface area contributed by atoms with Gasteiger partial charge in [-0.3, -0.25) is 9.59 Å². The average Bonchev–Trinajstić information content (AvgIpc) is 2.81. The lowest BCUT2D eigenvalue weighted by Gasteiger charge is -2.10. The van der Waals surface area contributed by atoms with Gasteiger partial charge in [-0.2, -0.15) is 0 Å². The Morgan fingerprint density at radius 1 is 1.33 bits per heavy atom. The molecule has 6 heteroatoms. The van der Waals surface area contributed by atoms with E-state index >= 15 is 0 Å². The van der Waals surface area contributed by atoms with Crippen LogP contribution in [0.4, 0.5) is 5.82 Å². The zero-order valence-electron chi connectivity index (χ0n) is 9.60. The maximum atomic E-state index is 11.9. The summed E-state index contributed by atoms with van der Waals surface area (Å²) in [6.07, 6.45) is 3.21. The van der Waals surface area contributed by atoms with Gasteiger partial charge >= 0.3 is 5.97 Å². The van der Waals surface area contributed by atoms with Gasteiger partial charge in [-0.1, -0.05) is 0 Å². The molecule has 18 heavy (non-hydrogen) atoms. The molecule has 0 spiro atoms. The summed E-state index contributed by atoms with van der Waals surface area (Å²) in [5, 5.41) is 11.6. The topological polar surface area (TPSA) is 79.3 Å². The van der Waals surface area contributed by atoms with E-state index in [1.807, 2.05) is 0 Å². The van der Waals surface area contributed by atoms with Crippen molar-refractivity contribution in [1.29, 1.82) is 0 Å². The first-order valence-electron chi connectivity index (χ1n) is 5.71. The Hall–Kier alpha value is -1.43. The Balaban J connectivity index is 1.93. The molecule has 1 aromatic heterocycles. The van der Waals surface area contributed by atoms with Crippen LogP contribution >= 0.6 is 15.9 Å². The number of pyridine rings is 1. The zero-order chi connectivity index (χ0) is 13.1. The van der Waals surface area contributed by atoms with E-state index < -0.39 is 11.9 Å². The number of carboxylic acid groups (broad SMARTS) is 1. The fraction of sp³-hybridized carbons (Fsp3) is 0.417. The number of halogens is 1. The molecule has 1 amide bonds. The molecule has 2 rings (SSSR count). The van der Waals surface area contributed by atoms with Crippen LogP contribution in [0.3, 0.4) is 0 Å². The number of aromatic nitrogens is 1. The standard InChI is InChI=1S/C12H13BrN2O3/c13-9-3-4-10(14-6-9)15-11(16)7-1-2-8(5-7)12(17)18/h3-4,6-8H,1-2,5H2,(H,17,18)(H,14,15,16). The largest absolute Gasteiger partial charge is 0.481 e. The Morgan fingerprint density at radius 3 is 2.61 bits per heavy atom. The first kappa shape index (κ1) is 13.0. The number of hydrogen-bond donors (Lipinski definition) is 2. The second kappa shape index (κ2) is 5.48. The Kier molecular flexibility index (Phi) is 3.96. The lowest BCUT2D eigenvalue weighted by atomic mass is 10.0. The molecule has 2 N–H and O–H groups in total. The van der Waals surface area contributed by atoms with Crippen LogP contribution in [0.2, 0.25) is 0 Å². The molecule has 0 radical (unpaired) electrons. The third-order valence-corrected chi connectivity index (χ3v) is 3.60. The third-order valence-electron chi connectivity index (χ3n) is 3.13. The van der Waals surface area contributed by atoms with Crippen LogP contribution in [-0.4, -0.2) is 22.0 Å². The van der Waals surface area contributed by atoms with E-state index in [2.05, 4.69) is 26.2 Å². The van der Waals surface area contributed by atoms with Gasteiger partial charge < -0.3 is 10.4 Å². The van der Waals surface area contributed by atoms with Crippen molar-refractivity contribution >= 4 is 33.6 Å². The lowest BCUT2D eigenvalue weighted by Crippen LogP contribution is -2.22.